The number of benzene rings is 2. The van der Waals surface area contributed by atoms with E-state index in [1.807, 2.05) is 36.2 Å². The molecule has 4 nitrogen and oxygen atoms in total. The zero-order chi connectivity index (χ0) is 15.0. The molecule has 2 aromatic carbocycles. The van der Waals surface area contributed by atoms with E-state index >= 15 is 0 Å². The van der Waals surface area contributed by atoms with E-state index in [1.165, 1.54) is 0 Å². The topological polar surface area (TPSA) is 49.6 Å². The van der Waals surface area contributed by atoms with Crippen molar-refractivity contribution >= 4 is 38.9 Å². The number of carbonyl (C=O) groups is 1. The number of fused-ring (bicyclic) bond motifs is 1. The van der Waals surface area contributed by atoms with Gasteiger partial charge in [-0.15, -0.1) is 0 Å². The van der Waals surface area contributed by atoms with Crippen LogP contribution in [0.4, 0.5) is 17.1 Å². The average Bonchev–Trinajstić information content (AvgIpc) is 2.50. The van der Waals surface area contributed by atoms with Crippen molar-refractivity contribution < 1.29 is 4.79 Å². The summed E-state index contributed by atoms with van der Waals surface area (Å²) < 4.78 is 0.659. The number of halogens is 1. The molecule has 0 spiro atoms. The first-order valence-corrected chi connectivity index (χ1v) is 7.55. The Bertz CT molecular complexity index is 702. The van der Waals surface area contributed by atoms with Crippen LogP contribution < -0.4 is 15.5 Å². The standard InChI is InChI=1S/C16H16BrN3O/c1-19-9-10-20(14-8-3-2-7-13(14)19)16(21)11-5-4-6-12(18)15(11)17/h2-8H,9-10,18H2,1H3. The van der Waals surface area contributed by atoms with Crippen LogP contribution in [-0.2, 0) is 0 Å². The monoisotopic (exact) mass is 345 g/mol. The second-order valence-electron chi connectivity index (χ2n) is 5.08. The van der Waals surface area contributed by atoms with Gasteiger partial charge >= 0.3 is 0 Å². The summed E-state index contributed by atoms with van der Waals surface area (Å²) in [5.41, 5.74) is 9.05. The Morgan fingerprint density at radius 1 is 1.10 bits per heavy atom. The van der Waals surface area contributed by atoms with Gasteiger partial charge in [0.05, 0.1) is 21.4 Å². The van der Waals surface area contributed by atoms with Crippen molar-refractivity contribution in [3.05, 3.63) is 52.5 Å². The fourth-order valence-electron chi connectivity index (χ4n) is 2.58. The first kappa shape index (κ1) is 13.9. The maximum Gasteiger partial charge on any atom is 0.259 e. The summed E-state index contributed by atoms with van der Waals surface area (Å²) in [4.78, 5) is 16.8. The fourth-order valence-corrected chi connectivity index (χ4v) is 3.01. The van der Waals surface area contributed by atoms with Crippen molar-refractivity contribution in [3.63, 3.8) is 0 Å². The van der Waals surface area contributed by atoms with Crippen LogP contribution in [0.3, 0.4) is 0 Å². The predicted molar refractivity (Wildman–Crippen MR) is 89.9 cm³/mol. The van der Waals surface area contributed by atoms with Gasteiger partial charge in [-0.1, -0.05) is 18.2 Å². The zero-order valence-corrected chi connectivity index (χ0v) is 13.3. The molecule has 0 unspecified atom stereocenters. The molecular weight excluding hydrogens is 330 g/mol. The minimum atomic E-state index is -0.0327. The number of carbonyl (C=O) groups excluding carboxylic acids is 1. The van der Waals surface area contributed by atoms with Crippen molar-refractivity contribution in [1.82, 2.24) is 0 Å². The molecule has 0 fully saturated rings. The van der Waals surface area contributed by atoms with Gasteiger partial charge in [0.1, 0.15) is 0 Å². The molecule has 0 atom stereocenters. The highest BCUT2D eigenvalue weighted by molar-refractivity contribution is 9.10. The summed E-state index contributed by atoms with van der Waals surface area (Å²) in [6.07, 6.45) is 0. The van der Waals surface area contributed by atoms with E-state index in [1.54, 1.807) is 18.2 Å². The first-order valence-electron chi connectivity index (χ1n) is 6.75. The van der Waals surface area contributed by atoms with Gasteiger partial charge in [-0.05, 0) is 40.2 Å². The highest BCUT2D eigenvalue weighted by atomic mass is 79.9. The van der Waals surface area contributed by atoms with Crippen LogP contribution >= 0.6 is 15.9 Å². The van der Waals surface area contributed by atoms with Crippen LogP contribution in [0, 0.1) is 0 Å². The Morgan fingerprint density at radius 2 is 1.81 bits per heavy atom. The molecule has 2 aromatic rings. The lowest BCUT2D eigenvalue weighted by atomic mass is 10.1. The van der Waals surface area contributed by atoms with Crippen LogP contribution in [0.2, 0.25) is 0 Å². The SMILES string of the molecule is CN1CCN(C(=O)c2cccc(N)c2Br)c2ccccc21. The van der Waals surface area contributed by atoms with Gasteiger partial charge in [-0.3, -0.25) is 4.79 Å². The van der Waals surface area contributed by atoms with Crippen LogP contribution in [0.5, 0.6) is 0 Å². The summed E-state index contributed by atoms with van der Waals surface area (Å²) in [6, 6.07) is 13.3. The molecule has 1 aliphatic heterocycles. The molecule has 1 aliphatic rings. The van der Waals surface area contributed by atoms with Gasteiger partial charge < -0.3 is 15.5 Å². The van der Waals surface area contributed by atoms with E-state index in [2.05, 4.69) is 20.8 Å². The maximum atomic E-state index is 12.9. The lowest BCUT2D eigenvalue weighted by Crippen LogP contribution is -2.42. The van der Waals surface area contributed by atoms with Gasteiger partial charge in [-0.25, -0.2) is 0 Å². The summed E-state index contributed by atoms with van der Waals surface area (Å²) >= 11 is 3.42. The Labute approximate surface area is 132 Å². The van der Waals surface area contributed by atoms with Gasteiger partial charge in [0, 0.05) is 25.8 Å². The number of rotatable bonds is 1. The summed E-state index contributed by atoms with van der Waals surface area (Å²) in [5, 5.41) is 0. The lowest BCUT2D eigenvalue weighted by Gasteiger charge is -2.35. The summed E-state index contributed by atoms with van der Waals surface area (Å²) in [5.74, 6) is -0.0327. The van der Waals surface area contributed by atoms with E-state index in [9.17, 15) is 4.79 Å². The Kier molecular flexibility index (Phi) is 3.59. The molecule has 0 saturated carbocycles. The predicted octanol–water partition coefficient (Wildman–Crippen LogP) is 3.13. The Morgan fingerprint density at radius 3 is 2.57 bits per heavy atom. The normalized spacial score (nSPS) is 14.0. The smallest absolute Gasteiger partial charge is 0.259 e. The summed E-state index contributed by atoms with van der Waals surface area (Å²) in [7, 11) is 2.04. The van der Waals surface area contributed by atoms with Gasteiger partial charge in [-0.2, -0.15) is 0 Å². The number of nitrogens with two attached hydrogens (primary N) is 1. The van der Waals surface area contributed by atoms with Crippen molar-refractivity contribution in [2.75, 3.05) is 35.7 Å². The number of para-hydroxylation sites is 2. The molecule has 3 rings (SSSR count). The molecule has 108 valence electrons. The zero-order valence-electron chi connectivity index (χ0n) is 11.7. The molecule has 1 amide bonds. The van der Waals surface area contributed by atoms with E-state index in [0.717, 1.165) is 17.9 Å². The number of likely N-dealkylation sites (N-methyl/N-ethyl adjacent to an activating group) is 1. The highest BCUT2D eigenvalue weighted by Crippen LogP contribution is 2.34. The fraction of sp³-hybridized carbons (Fsp3) is 0.188. The second kappa shape index (κ2) is 5.41. The van der Waals surface area contributed by atoms with Gasteiger partial charge in [0.25, 0.3) is 5.91 Å². The minimum Gasteiger partial charge on any atom is -0.398 e. The van der Waals surface area contributed by atoms with Crippen molar-refractivity contribution in [1.29, 1.82) is 0 Å². The lowest BCUT2D eigenvalue weighted by molar-refractivity contribution is 0.0986. The molecule has 0 saturated heterocycles. The third-order valence-corrected chi connectivity index (χ3v) is 4.63. The minimum absolute atomic E-state index is 0.0327. The number of nitrogens with zero attached hydrogens (tertiary/aromatic N) is 2. The number of hydrogen-bond acceptors (Lipinski definition) is 3. The highest BCUT2D eigenvalue weighted by Gasteiger charge is 2.26. The number of anilines is 3. The molecule has 21 heavy (non-hydrogen) atoms. The van der Waals surface area contributed by atoms with Gasteiger partial charge in [0.15, 0.2) is 0 Å². The average molecular weight is 346 g/mol. The Hall–Kier alpha value is -2.01. The number of amides is 1. The second-order valence-corrected chi connectivity index (χ2v) is 5.87. The van der Waals surface area contributed by atoms with E-state index in [0.29, 0.717) is 22.3 Å². The van der Waals surface area contributed by atoms with Crippen LogP contribution in [0.15, 0.2) is 46.9 Å². The maximum absolute atomic E-state index is 12.9. The molecule has 2 N–H and O–H groups in total. The molecule has 0 aromatic heterocycles. The molecule has 0 radical (unpaired) electrons. The first-order chi connectivity index (χ1) is 10.1. The van der Waals surface area contributed by atoms with Crippen molar-refractivity contribution in [2.45, 2.75) is 0 Å². The molecule has 0 aliphatic carbocycles. The third kappa shape index (κ3) is 2.38. The van der Waals surface area contributed by atoms with Gasteiger partial charge in [0.2, 0.25) is 0 Å². The quantitative estimate of drug-likeness (QED) is 0.807. The number of nitrogen functional groups attached to an aromatic ring is 1. The molecule has 5 heteroatoms. The summed E-state index contributed by atoms with van der Waals surface area (Å²) in [6.45, 7) is 1.47. The number of hydrogen-bond donors (Lipinski definition) is 1. The molecule has 1 heterocycles. The van der Waals surface area contributed by atoms with E-state index < -0.39 is 0 Å². The van der Waals surface area contributed by atoms with Crippen molar-refractivity contribution in [3.8, 4) is 0 Å². The molecule has 0 bridgehead atoms. The Balaban J connectivity index is 2.03. The van der Waals surface area contributed by atoms with Crippen LogP contribution in [0.25, 0.3) is 0 Å². The largest absolute Gasteiger partial charge is 0.398 e. The third-order valence-electron chi connectivity index (χ3n) is 3.75. The van der Waals surface area contributed by atoms with E-state index in [4.69, 9.17) is 5.73 Å². The van der Waals surface area contributed by atoms with Crippen molar-refractivity contribution in [2.24, 2.45) is 0 Å². The van der Waals surface area contributed by atoms with Crippen LogP contribution in [-0.4, -0.2) is 26.0 Å². The van der Waals surface area contributed by atoms with Crippen LogP contribution in [0.1, 0.15) is 10.4 Å². The van der Waals surface area contributed by atoms with E-state index in [-0.39, 0.29) is 5.91 Å². The molecular formula is C16H16BrN3O.